The largest absolute Gasteiger partial charge is 0.751 e. The van der Waals surface area contributed by atoms with Crippen LogP contribution < -0.4 is 0 Å². The second-order valence-electron chi connectivity index (χ2n) is 3.15. The van der Waals surface area contributed by atoms with E-state index in [1.165, 1.54) is 0 Å². The molecule has 8 heteroatoms. The average Bonchev–Trinajstić information content (AvgIpc) is 2.00. The Balaban J connectivity index is 0.00000225. The van der Waals surface area contributed by atoms with Gasteiger partial charge in [0.2, 0.25) is 0 Å². The van der Waals surface area contributed by atoms with E-state index in [1.807, 2.05) is 0 Å². The van der Waals surface area contributed by atoms with Crippen LogP contribution in [0.2, 0.25) is 0 Å². The van der Waals surface area contributed by atoms with E-state index in [0.717, 1.165) is 24.6 Å². The summed E-state index contributed by atoms with van der Waals surface area (Å²) in [5.74, 6) is -0.196. The minimum Gasteiger partial charge on any atom is -0.751 e. The van der Waals surface area contributed by atoms with Gasteiger partial charge < -0.3 is 4.78 Å². The van der Waals surface area contributed by atoms with Crippen LogP contribution in [0.4, 0.5) is 13.2 Å². The van der Waals surface area contributed by atoms with Crippen molar-refractivity contribution in [2.24, 2.45) is 0 Å². The zero-order valence-corrected chi connectivity index (χ0v) is 11.9. The van der Waals surface area contributed by atoms with Gasteiger partial charge in [-0.3, -0.25) is 9.19 Å². The van der Waals surface area contributed by atoms with Crippen molar-refractivity contribution >= 4 is 9.73 Å². The first-order valence-electron chi connectivity index (χ1n) is 3.90. The molecule has 0 fully saturated rings. The maximum atomic E-state index is 12.1. The van der Waals surface area contributed by atoms with Crippen molar-refractivity contribution in [3.8, 4) is 0 Å². The van der Waals surface area contributed by atoms with Crippen LogP contribution in [0.5, 0.6) is 0 Å². The van der Waals surface area contributed by atoms with Crippen molar-refractivity contribution < 1.29 is 17.4 Å². The van der Waals surface area contributed by atoms with E-state index < -0.39 is 21.6 Å². The van der Waals surface area contributed by atoms with Crippen molar-refractivity contribution in [3.05, 3.63) is 34.4 Å². The van der Waals surface area contributed by atoms with E-state index in [9.17, 15) is 17.4 Å². The molecule has 0 spiro atoms. The van der Waals surface area contributed by atoms with E-state index in [0.29, 0.717) is 5.56 Å². The molecule has 0 saturated carbocycles. The number of alkyl halides is 3. The van der Waals surface area contributed by atoms with Crippen molar-refractivity contribution in [1.82, 2.24) is 4.98 Å². The summed E-state index contributed by atoms with van der Waals surface area (Å²) in [6.07, 6.45) is -2.40. The first-order chi connectivity index (χ1) is 6.68. The zero-order valence-electron chi connectivity index (χ0n) is 8.14. The third-order valence-electron chi connectivity index (χ3n) is 1.55. The van der Waals surface area contributed by atoms with Crippen molar-refractivity contribution in [3.63, 3.8) is 0 Å². The zero-order chi connectivity index (χ0) is 11.7. The Kier molecular flexibility index (Phi) is 3.63. The molecule has 16 heavy (non-hydrogen) atoms. The molecule has 0 bridgehead atoms. The first kappa shape index (κ1) is 13.9. The monoisotopic (exact) mass is 480 g/mol. The van der Waals surface area contributed by atoms with Gasteiger partial charge in [0.15, 0.2) is 0 Å². The van der Waals surface area contributed by atoms with Crippen LogP contribution >= 0.6 is 0 Å². The number of aromatic nitrogens is 1. The molecule has 3 nitrogen and oxygen atoms in total. The van der Waals surface area contributed by atoms with E-state index in [-0.39, 0.29) is 5.75 Å². The summed E-state index contributed by atoms with van der Waals surface area (Å²) in [6, 6.07) is 1.94. The fourth-order valence-electron chi connectivity index (χ4n) is 0.987. The van der Waals surface area contributed by atoms with E-state index >= 15 is 0 Å². The van der Waals surface area contributed by atoms with Gasteiger partial charge in [-0.15, -0.1) is 9.73 Å². The Labute approximate surface area is 85.3 Å². The number of nitrogens with zero attached hydrogens (tertiary/aromatic N) is 2. The Hall–Kier alpha value is -2.11. The summed E-state index contributed by atoms with van der Waals surface area (Å²) >= 11 is 0. The van der Waals surface area contributed by atoms with Gasteiger partial charge in [0.25, 0.3) is 0 Å². The molecular formula is C8H8CmF3N2OS-. The average molecular weight is 484 g/mol. The number of hydrogen-bond acceptors (Lipinski definition) is 2. The summed E-state index contributed by atoms with van der Waals surface area (Å²) < 4.78 is 56.2. The Morgan fingerprint density at radius 2 is 2.00 bits per heavy atom. The Morgan fingerprint density at radius 3 is 2.31 bits per heavy atom. The Bertz CT molecular complexity index is 441. The van der Waals surface area contributed by atoms with Gasteiger partial charge in [0.1, 0.15) is 5.69 Å². The predicted octanol–water partition coefficient (Wildman–Crippen LogP) is 2.27. The standard InChI is InChI=1S/C8H8F3N2OS.Cm/c1-15(12,14)5-6-2-3-7(13-4-6)8(9,10)11;/h2-4H,5H2,1H3;/q-1;. The van der Waals surface area contributed by atoms with Crippen molar-refractivity contribution in [2.45, 2.75) is 11.9 Å². The Morgan fingerprint density at radius 1 is 1.44 bits per heavy atom. The number of hydrogen-bond donors (Lipinski definition) is 0. The van der Waals surface area contributed by atoms with Gasteiger partial charge in [-0.05, 0) is 17.9 Å². The molecule has 0 aliphatic heterocycles. The quantitative estimate of drug-likeness (QED) is 0.647. The van der Waals surface area contributed by atoms with Gasteiger partial charge in [-0.2, -0.15) is 13.2 Å². The molecule has 0 aliphatic rings. The normalized spacial score (nSPS) is 15.0. The topological polar surface area (TPSA) is 52.3 Å². The molecule has 0 radical (unpaired) electrons. The molecule has 1 aromatic heterocycles. The van der Waals surface area contributed by atoms with Crippen LogP contribution in [0.3, 0.4) is 0 Å². The summed E-state index contributed by atoms with van der Waals surface area (Å²) in [5, 5.41) is 0. The summed E-state index contributed by atoms with van der Waals surface area (Å²) in [7, 11) is -3.00. The fraction of sp³-hybridized carbons (Fsp3) is 0.375. The molecular weight excluding hydrogens is 476 g/mol. The van der Waals surface area contributed by atoms with Crippen LogP contribution in [-0.4, -0.2) is 15.4 Å². The van der Waals surface area contributed by atoms with Crippen LogP contribution in [-0.2, 0) is 21.7 Å². The van der Waals surface area contributed by atoms with Crippen LogP contribution in [0.15, 0.2) is 18.3 Å². The predicted molar refractivity (Wildman–Crippen MR) is 50.4 cm³/mol. The second kappa shape index (κ2) is 4.18. The molecule has 0 N–H and O–H groups in total. The molecule has 1 rings (SSSR count). The second-order valence-corrected chi connectivity index (χ2v) is 5.36. The minimum atomic E-state index is -4.48. The minimum absolute atomic E-state index is 0. The smallest absolute Gasteiger partial charge is 0.433 e. The molecule has 0 aromatic carbocycles. The number of pyridine rings is 1. The third kappa shape index (κ3) is 3.95. The van der Waals surface area contributed by atoms with E-state index in [1.54, 1.807) is 0 Å². The van der Waals surface area contributed by atoms with E-state index in [4.69, 9.17) is 4.78 Å². The maximum Gasteiger partial charge on any atom is 0.433 e. The van der Waals surface area contributed by atoms with Gasteiger partial charge in [-0.25, -0.2) is 0 Å². The van der Waals surface area contributed by atoms with Gasteiger partial charge in [0.05, 0.1) is 0 Å². The van der Waals surface area contributed by atoms with Crippen LogP contribution in [0.25, 0.3) is 4.78 Å². The molecule has 1 aromatic rings. The molecule has 0 amide bonds. The van der Waals surface area contributed by atoms with Crippen LogP contribution in [0, 0.1) is 0 Å². The molecule has 1 unspecified atom stereocenters. The van der Waals surface area contributed by atoms with E-state index in [2.05, 4.69) is 4.98 Å². The van der Waals surface area contributed by atoms with Crippen molar-refractivity contribution in [1.29, 1.82) is 0 Å². The molecule has 1 heterocycles. The first-order valence-corrected chi connectivity index (χ1v) is 5.99. The SMILES string of the molecule is CS(=[N-])(=O)Cc1ccc(C(F)(F)F)nc1.[Cm]. The summed E-state index contributed by atoms with van der Waals surface area (Å²) in [5.41, 5.74) is -0.704. The van der Waals surface area contributed by atoms with Crippen LogP contribution in [0.1, 0.15) is 11.3 Å². The third-order valence-corrected chi connectivity index (χ3v) is 2.42. The van der Waals surface area contributed by atoms with Gasteiger partial charge >= 0.3 is 6.18 Å². The van der Waals surface area contributed by atoms with Gasteiger partial charge in [-0.1, -0.05) is 6.07 Å². The van der Waals surface area contributed by atoms with Gasteiger partial charge in [0, 0.05) is 11.9 Å². The molecule has 1 atom stereocenters. The fourth-order valence-corrected chi connectivity index (χ4v) is 1.78. The molecule has 92 valence electrons. The van der Waals surface area contributed by atoms with Crippen molar-refractivity contribution in [2.75, 3.05) is 6.26 Å². The number of halogens is 3. The molecule has 0 aliphatic carbocycles. The summed E-state index contributed by atoms with van der Waals surface area (Å²) in [4.78, 5) is 3.17. The number of rotatable bonds is 2. The summed E-state index contributed by atoms with van der Waals surface area (Å²) in [6.45, 7) is 0. The maximum absolute atomic E-state index is 12.1. The molecule has 0 saturated heterocycles.